The molecule has 0 saturated carbocycles. The summed E-state index contributed by atoms with van der Waals surface area (Å²) in [5, 5.41) is 17.0. The number of rotatable bonds is 4. The van der Waals surface area contributed by atoms with E-state index in [1.807, 2.05) is 86.9 Å². The fourth-order valence-electron chi connectivity index (χ4n) is 4.15. The van der Waals surface area contributed by atoms with Crippen molar-refractivity contribution in [1.29, 1.82) is 0 Å². The van der Waals surface area contributed by atoms with Gasteiger partial charge in [0.1, 0.15) is 11.6 Å². The maximum absolute atomic E-state index is 13.8. The fraction of sp³-hybridized carbons (Fsp3) is 0.0556. The first kappa shape index (κ1) is 32.4. The van der Waals surface area contributed by atoms with Gasteiger partial charge < -0.3 is 10.0 Å². The lowest BCUT2D eigenvalue weighted by Gasteiger charge is -2.06. The second kappa shape index (κ2) is 15.8. The maximum Gasteiger partial charge on any atom is 0.491 e. The van der Waals surface area contributed by atoms with Gasteiger partial charge in [0.25, 0.3) is 0 Å². The van der Waals surface area contributed by atoms with Crippen molar-refractivity contribution < 1.29 is 18.8 Å². The summed E-state index contributed by atoms with van der Waals surface area (Å²) >= 11 is 3.45. The van der Waals surface area contributed by atoms with Gasteiger partial charge in [-0.15, -0.1) is 0 Å². The van der Waals surface area contributed by atoms with Crippen molar-refractivity contribution in [2.24, 2.45) is 0 Å². The highest BCUT2D eigenvalue weighted by atomic mass is 79.9. The molecule has 0 radical (unpaired) electrons. The number of pyridine rings is 2. The van der Waals surface area contributed by atoms with Crippen molar-refractivity contribution in [2.75, 3.05) is 0 Å². The molecule has 0 bridgehead atoms. The Hall–Kier alpha value is -4.50. The smallest absolute Gasteiger partial charge is 0.423 e. The first-order valence-corrected chi connectivity index (χ1v) is 14.6. The van der Waals surface area contributed by atoms with E-state index in [1.165, 1.54) is 35.9 Å². The van der Waals surface area contributed by atoms with Gasteiger partial charge in [-0.05, 0) is 73.0 Å². The Morgan fingerprint density at radius 2 is 1.09 bits per heavy atom. The van der Waals surface area contributed by atoms with Crippen LogP contribution in [-0.4, -0.2) is 27.1 Å². The number of aryl methyl sites for hydroxylation is 2. The average molecular weight is 651 g/mol. The molecule has 0 fully saturated rings. The third kappa shape index (κ3) is 9.25. The molecule has 0 aliphatic heterocycles. The van der Waals surface area contributed by atoms with E-state index in [9.17, 15) is 8.78 Å². The first-order valence-electron chi connectivity index (χ1n) is 13.8. The maximum atomic E-state index is 13.8. The van der Waals surface area contributed by atoms with Crippen LogP contribution in [0.15, 0.2) is 138 Å². The number of benzene rings is 4. The molecule has 2 heterocycles. The minimum absolute atomic E-state index is 0.0949. The SMILES string of the molecule is Cc1ccc(-c2cccc(-c3ccccc3F)c2)nc1.Cc1ccc(-c2cccc(Br)c2)nc1.OB(O)c1ccccc1F. The summed E-state index contributed by atoms with van der Waals surface area (Å²) in [7, 11) is -1.72. The second-order valence-electron chi connectivity index (χ2n) is 9.91. The molecule has 0 amide bonds. The first-order chi connectivity index (χ1) is 21.2. The van der Waals surface area contributed by atoms with Crippen molar-refractivity contribution in [3.63, 3.8) is 0 Å². The van der Waals surface area contributed by atoms with Crippen LogP contribution in [-0.2, 0) is 0 Å². The molecular weight excluding hydrogens is 621 g/mol. The van der Waals surface area contributed by atoms with Gasteiger partial charge in [-0.3, -0.25) is 9.97 Å². The molecule has 4 aromatic carbocycles. The van der Waals surface area contributed by atoms with Gasteiger partial charge in [0.2, 0.25) is 0 Å². The van der Waals surface area contributed by atoms with Crippen LogP contribution in [0.5, 0.6) is 0 Å². The van der Waals surface area contributed by atoms with Crippen molar-refractivity contribution in [3.05, 3.63) is 161 Å². The number of hydrogen-bond donors (Lipinski definition) is 2. The van der Waals surface area contributed by atoms with Gasteiger partial charge in [0.15, 0.2) is 0 Å². The van der Waals surface area contributed by atoms with Crippen LogP contribution in [0.4, 0.5) is 8.78 Å². The molecule has 220 valence electrons. The average Bonchev–Trinajstić information content (AvgIpc) is 3.03. The van der Waals surface area contributed by atoms with Gasteiger partial charge in [-0.1, -0.05) is 94.8 Å². The van der Waals surface area contributed by atoms with E-state index in [4.69, 9.17) is 10.0 Å². The van der Waals surface area contributed by atoms with Crippen molar-refractivity contribution in [2.45, 2.75) is 13.8 Å². The summed E-state index contributed by atoms with van der Waals surface area (Å²) < 4.78 is 27.4. The minimum atomic E-state index is -1.72. The predicted molar refractivity (Wildman–Crippen MR) is 178 cm³/mol. The molecule has 0 atom stereocenters. The molecule has 0 aliphatic carbocycles. The molecule has 2 aromatic heterocycles. The van der Waals surface area contributed by atoms with E-state index < -0.39 is 12.9 Å². The van der Waals surface area contributed by atoms with Gasteiger partial charge >= 0.3 is 7.12 Å². The molecule has 2 N–H and O–H groups in total. The molecule has 8 heteroatoms. The zero-order valence-corrected chi connectivity index (χ0v) is 25.8. The number of aromatic nitrogens is 2. The van der Waals surface area contributed by atoms with E-state index in [-0.39, 0.29) is 11.3 Å². The van der Waals surface area contributed by atoms with Crippen LogP contribution < -0.4 is 5.46 Å². The summed E-state index contributed by atoms with van der Waals surface area (Å²) in [6.07, 6.45) is 3.72. The Morgan fingerprint density at radius 1 is 0.568 bits per heavy atom. The lowest BCUT2D eigenvalue weighted by Crippen LogP contribution is -2.32. The zero-order chi connectivity index (χ0) is 31.5. The molecule has 0 unspecified atom stereocenters. The van der Waals surface area contributed by atoms with E-state index in [0.717, 1.165) is 38.1 Å². The lowest BCUT2D eigenvalue weighted by molar-refractivity contribution is 0.423. The third-order valence-corrected chi connectivity index (χ3v) is 6.96. The molecule has 6 rings (SSSR count). The van der Waals surface area contributed by atoms with Crippen LogP contribution in [0.3, 0.4) is 0 Å². The Kier molecular flexibility index (Phi) is 11.7. The summed E-state index contributed by atoms with van der Waals surface area (Å²) in [5.41, 5.74) is 7.73. The van der Waals surface area contributed by atoms with Crippen molar-refractivity contribution >= 4 is 28.5 Å². The summed E-state index contributed by atoms with van der Waals surface area (Å²) in [6, 6.07) is 36.4. The number of hydrogen-bond acceptors (Lipinski definition) is 4. The topological polar surface area (TPSA) is 66.2 Å². The van der Waals surface area contributed by atoms with Gasteiger partial charge in [0.05, 0.1) is 11.4 Å². The molecule has 0 spiro atoms. The predicted octanol–water partition coefficient (Wildman–Crippen LogP) is 8.19. The van der Waals surface area contributed by atoms with Gasteiger partial charge in [-0.25, -0.2) is 8.78 Å². The summed E-state index contributed by atoms with van der Waals surface area (Å²) in [6.45, 7) is 4.05. The van der Waals surface area contributed by atoms with Crippen molar-refractivity contribution in [3.8, 4) is 33.6 Å². The Morgan fingerprint density at radius 3 is 1.59 bits per heavy atom. The fourth-order valence-corrected chi connectivity index (χ4v) is 4.55. The zero-order valence-electron chi connectivity index (χ0n) is 24.2. The highest BCUT2D eigenvalue weighted by molar-refractivity contribution is 9.10. The molecule has 0 saturated heterocycles. The molecule has 44 heavy (non-hydrogen) atoms. The van der Waals surface area contributed by atoms with Gasteiger partial charge in [-0.2, -0.15) is 0 Å². The summed E-state index contributed by atoms with van der Waals surface area (Å²) in [5.74, 6) is -0.806. The van der Waals surface area contributed by atoms with Crippen LogP contribution in [0.1, 0.15) is 11.1 Å². The highest BCUT2D eigenvalue weighted by Gasteiger charge is 2.14. The minimum Gasteiger partial charge on any atom is -0.423 e. The van der Waals surface area contributed by atoms with E-state index in [0.29, 0.717) is 5.56 Å². The molecule has 6 aromatic rings. The Balaban J connectivity index is 0.000000161. The van der Waals surface area contributed by atoms with E-state index in [1.54, 1.807) is 12.1 Å². The molecule has 0 aliphatic rings. The summed E-state index contributed by atoms with van der Waals surface area (Å²) in [4.78, 5) is 8.78. The number of halogens is 3. The lowest BCUT2D eigenvalue weighted by atomic mass is 9.80. The standard InChI is InChI=1S/C18H14FN.C12H10BrN.C6H6BFO2/c1-13-9-10-18(20-12-13)15-6-4-5-14(11-15)16-7-2-3-8-17(16)19;1-9-5-6-12(14-8-9)10-3-2-4-11(13)7-10;8-6-4-2-1-3-5(6)7(9)10/h2-12H,1H3;2-8H,1H3;1-4,9-10H. The van der Waals surface area contributed by atoms with E-state index in [2.05, 4.69) is 44.1 Å². The molecular formula is C36H30BBrF2N2O2. The monoisotopic (exact) mass is 650 g/mol. The van der Waals surface area contributed by atoms with Crippen LogP contribution in [0.2, 0.25) is 0 Å². The normalized spacial score (nSPS) is 10.2. The van der Waals surface area contributed by atoms with E-state index >= 15 is 0 Å². The van der Waals surface area contributed by atoms with Crippen LogP contribution in [0, 0.1) is 25.5 Å². The third-order valence-electron chi connectivity index (χ3n) is 6.47. The van der Waals surface area contributed by atoms with Crippen LogP contribution >= 0.6 is 15.9 Å². The van der Waals surface area contributed by atoms with Gasteiger partial charge in [0, 0.05) is 39.0 Å². The highest BCUT2D eigenvalue weighted by Crippen LogP contribution is 2.27. The largest absolute Gasteiger partial charge is 0.491 e. The number of nitrogens with zero attached hydrogens (tertiary/aromatic N) is 2. The Bertz CT molecular complexity index is 1800. The molecule has 4 nitrogen and oxygen atoms in total. The van der Waals surface area contributed by atoms with Crippen molar-refractivity contribution in [1.82, 2.24) is 9.97 Å². The second-order valence-corrected chi connectivity index (χ2v) is 10.8. The van der Waals surface area contributed by atoms with Crippen LogP contribution in [0.25, 0.3) is 33.6 Å². The Labute approximate surface area is 265 Å². The quantitative estimate of drug-likeness (QED) is 0.189.